The van der Waals surface area contributed by atoms with Crippen LogP contribution in [0.2, 0.25) is 0 Å². The number of likely N-dealkylation sites (tertiary alicyclic amines) is 2. The molecule has 3 fully saturated rings. The molecule has 3 aliphatic heterocycles. The fourth-order valence-electron chi connectivity index (χ4n) is 8.78. The number of benzene rings is 3. The Kier molecular flexibility index (Phi) is 10.2. The summed E-state index contributed by atoms with van der Waals surface area (Å²) in [6, 6.07) is 30.0. The zero-order valence-electron chi connectivity index (χ0n) is 29.6. The summed E-state index contributed by atoms with van der Waals surface area (Å²) < 4.78 is 27.2. The number of carbonyl (C=O) groups is 2. The maximum absolute atomic E-state index is 14.4. The molecular formula is C44H44FN3O5. The van der Waals surface area contributed by atoms with Gasteiger partial charge in [0.25, 0.3) is 0 Å². The van der Waals surface area contributed by atoms with Crippen molar-refractivity contribution in [1.82, 2.24) is 14.8 Å². The second-order valence-corrected chi connectivity index (χ2v) is 14.6. The third kappa shape index (κ3) is 7.41. The van der Waals surface area contributed by atoms with Crippen LogP contribution in [0.15, 0.2) is 114 Å². The molecule has 9 heteroatoms. The monoisotopic (exact) mass is 713 g/mol. The second kappa shape index (κ2) is 15.5. The van der Waals surface area contributed by atoms with Crippen LogP contribution in [0.4, 0.5) is 4.39 Å². The number of imide groups is 1. The van der Waals surface area contributed by atoms with E-state index in [4.69, 9.17) is 9.47 Å². The molecule has 0 unspecified atom stereocenters. The number of piperidine rings is 1. The molecule has 0 saturated carbocycles. The van der Waals surface area contributed by atoms with Crippen molar-refractivity contribution >= 4 is 23.5 Å². The van der Waals surface area contributed by atoms with Crippen molar-refractivity contribution < 1.29 is 28.6 Å². The van der Waals surface area contributed by atoms with Gasteiger partial charge in [0, 0.05) is 37.8 Å². The number of halogens is 1. The van der Waals surface area contributed by atoms with Gasteiger partial charge < -0.3 is 14.6 Å². The Morgan fingerprint density at radius 3 is 2.42 bits per heavy atom. The summed E-state index contributed by atoms with van der Waals surface area (Å²) in [6.45, 7) is 3.22. The molecule has 0 bridgehead atoms. The van der Waals surface area contributed by atoms with Gasteiger partial charge >= 0.3 is 0 Å². The van der Waals surface area contributed by atoms with Crippen LogP contribution in [-0.4, -0.2) is 70.2 Å². The van der Waals surface area contributed by atoms with Crippen molar-refractivity contribution in [2.75, 3.05) is 26.3 Å². The number of hydrogen-bond donors (Lipinski definition) is 1. The molecule has 3 aromatic carbocycles. The lowest BCUT2D eigenvalue weighted by molar-refractivity contribution is -0.144. The third-order valence-electron chi connectivity index (χ3n) is 11.4. The van der Waals surface area contributed by atoms with Gasteiger partial charge in [-0.25, -0.2) is 4.39 Å². The van der Waals surface area contributed by atoms with Crippen molar-refractivity contribution in [3.8, 4) is 11.5 Å². The molecule has 0 spiro atoms. The number of nitrogens with zero attached hydrogens (tertiary/aromatic N) is 3. The van der Waals surface area contributed by atoms with E-state index in [1.807, 2.05) is 60.7 Å². The molecule has 0 radical (unpaired) electrons. The largest absolute Gasteiger partial charge is 0.505 e. The van der Waals surface area contributed by atoms with Crippen molar-refractivity contribution in [1.29, 1.82) is 0 Å². The van der Waals surface area contributed by atoms with Crippen LogP contribution in [0.5, 0.6) is 11.5 Å². The van der Waals surface area contributed by atoms with Crippen molar-refractivity contribution in [2.24, 2.45) is 17.8 Å². The number of carbonyl (C=O) groups excluding carboxylic acids is 2. The Bertz CT molecular complexity index is 2000. The van der Waals surface area contributed by atoms with Crippen LogP contribution < -0.4 is 4.74 Å². The van der Waals surface area contributed by atoms with Gasteiger partial charge in [0.2, 0.25) is 11.8 Å². The highest BCUT2D eigenvalue weighted by atomic mass is 19.1. The number of pyridine rings is 1. The molecule has 1 N–H and O–H groups in total. The van der Waals surface area contributed by atoms with Gasteiger partial charge in [0.15, 0.2) is 11.6 Å². The normalized spacial score (nSPS) is 23.7. The number of para-hydroxylation sites is 1. The quantitative estimate of drug-likeness (QED) is 0.129. The Morgan fingerprint density at radius 2 is 1.68 bits per heavy atom. The van der Waals surface area contributed by atoms with Crippen LogP contribution in [-0.2, 0) is 20.9 Å². The molecular weight excluding hydrogens is 669 g/mol. The standard InChI is InChI=1S/C44H44FN3O5/c45-37-24-30(14-16-39(37)49)23-31(38-13-7-8-20-46-38)15-17-40-41-32(27-52-34-11-5-2-6-12-34)25-35-42(36(41)28-53-40)44(51)48(43(35)50)33-18-21-47(22-19-33)26-29-9-3-1-4-10-29/h1-14,16,20,23-24,33,35-36,40,42,49H,15,17-19,21-22,25-28H2/b31-23-/t35-,36+,40-,42-/m1/s1. The highest BCUT2D eigenvalue weighted by Crippen LogP contribution is 2.51. The number of phenolic OH excluding ortho intramolecular Hbond substituents is 1. The minimum absolute atomic E-state index is 0.0530. The summed E-state index contributed by atoms with van der Waals surface area (Å²) in [5, 5.41) is 9.75. The number of fused-ring (bicyclic) bond motifs is 3. The van der Waals surface area contributed by atoms with E-state index in [0.29, 0.717) is 38.0 Å². The molecule has 4 aliphatic rings. The predicted molar refractivity (Wildman–Crippen MR) is 200 cm³/mol. The molecule has 53 heavy (non-hydrogen) atoms. The second-order valence-electron chi connectivity index (χ2n) is 14.6. The first-order valence-electron chi connectivity index (χ1n) is 18.7. The lowest BCUT2D eigenvalue weighted by atomic mass is 9.69. The average Bonchev–Trinajstić information content (AvgIpc) is 3.72. The molecule has 8 nitrogen and oxygen atoms in total. The van der Waals surface area contributed by atoms with E-state index in [2.05, 4.69) is 34.1 Å². The Hall–Kier alpha value is -5.12. The first-order valence-corrected chi connectivity index (χ1v) is 18.7. The molecule has 1 aromatic heterocycles. The Labute approximate surface area is 309 Å². The molecule has 2 amide bonds. The first-order chi connectivity index (χ1) is 25.9. The number of hydrogen-bond acceptors (Lipinski definition) is 7. The average molecular weight is 714 g/mol. The SMILES string of the molecule is O=C1[C@@H]2[C@@H](CC(COc3ccccc3)=C3[C@@H](CC/C(=C/c4ccc(O)c(F)c4)c4ccccn4)OC[C@@H]32)C(=O)N1C1CCN(Cc2ccccc2)CC1. The third-order valence-corrected chi connectivity index (χ3v) is 11.4. The van der Waals surface area contributed by atoms with Crippen molar-refractivity contribution in [3.05, 3.63) is 137 Å². The van der Waals surface area contributed by atoms with Gasteiger partial charge in [0.1, 0.15) is 12.4 Å². The molecule has 4 heterocycles. The number of amides is 2. The molecule has 4 aromatic rings. The Balaban J connectivity index is 1.03. The summed E-state index contributed by atoms with van der Waals surface area (Å²) in [4.78, 5) is 37.2. The van der Waals surface area contributed by atoms with Crippen LogP contribution in [0.3, 0.4) is 0 Å². The van der Waals surface area contributed by atoms with Gasteiger partial charge in [0.05, 0.1) is 30.2 Å². The van der Waals surface area contributed by atoms with Gasteiger partial charge in [-0.15, -0.1) is 0 Å². The maximum atomic E-state index is 14.4. The van der Waals surface area contributed by atoms with E-state index in [0.717, 1.165) is 60.6 Å². The van der Waals surface area contributed by atoms with Gasteiger partial charge in [-0.2, -0.15) is 0 Å². The highest BCUT2D eigenvalue weighted by Gasteiger charge is 2.58. The van der Waals surface area contributed by atoms with E-state index in [1.165, 1.54) is 17.7 Å². The topological polar surface area (TPSA) is 92.2 Å². The van der Waals surface area contributed by atoms with E-state index in [9.17, 15) is 19.1 Å². The summed E-state index contributed by atoms with van der Waals surface area (Å²) in [6.07, 6.45) is 6.52. The number of phenols is 1. The van der Waals surface area contributed by atoms with Crippen LogP contribution >= 0.6 is 0 Å². The summed E-state index contributed by atoms with van der Waals surface area (Å²) in [5.41, 5.74) is 5.66. The minimum Gasteiger partial charge on any atom is -0.505 e. The van der Waals surface area contributed by atoms with E-state index < -0.39 is 23.4 Å². The minimum atomic E-state index is -0.686. The summed E-state index contributed by atoms with van der Waals surface area (Å²) in [7, 11) is 0. The molecule has 3 saturated heterocycles. The zero-order chi connectivity index (χ0) is 36.3. The molecule has 4 atom stereocenters. The Morgan fingerprint density at radius 1 is 0.925 bits per heavy atom. The smallest absolute Gasteiger partial charge is 0.234 e. The first kappa shape index (κ1) is 34.9. The van der Waals surface area contributed by atoms with E-state index >= 15 is 0 Å². The van der Waals surface area contributed by atoms with E-state index in [1.54, 1.807) is 17.2 Å². The number of aromatic nitrogens is 1. The van der Waals surface area contributed by atoms with Crippen molar-refractivity contribution in [3.63, 3.8) is 0 Å². The van der Waals surface area contributed by atoms with Gasteiger partial charge in [-0.1, -0.05) is 60.7 Å². The summed E-state index contributed by atoms with van der Waals surface area (Å²) in [5.74, 6) is -1.53. The van der Waals surface area contributed by atoms with Crippen LogP contribution in [0.1, 0.15) is 48.9 Å². The number of aromatic hydroxyl groups is 1. The molecule has 272 valence electrons. The number of rotatable bonds is 11. The van der Waals surface area contributed by atoms with Gasteiger partial charge in [-0.05, 0) is 102 Å². The van der Waals surface area contributed by atoms with Crippen molar-refractivity contribution in [2.45, 2.75) is 50.8 Å². The zero-order valence-corrected chi connectivity index (χ0v) is 29.6. The van der Waals surface area contributed by atoms with Gasteiger partial charge in [-0.3, -0.25) is 24.4 Å². The lowest BCUT2D eigenvalue weighted by Gasteiger charge is -2.36. The fraction of sp³-hybridized carbons (Fsp3) is 0.341. The fourth-order valence-corrected chi connectivity index (χ4v) is 8.78. The van der Waals surface area contributed by atoms with Crippen LogP contribution in [0, 0.1) is 23.6 Å². The molecule has 8 rings (SSSR count). The predicted octanol–water partition coefficient (Wildman–Crippen LogP) is 7.31. The summed E-state index contributed by atoms with van der Waals surface area (Å²) >= 11 is 0. The molecule has 1 aliphatic carbocycles. The van der Waals surface area contributed by atoms with E-state index in [-0.39, 0.29) is 29.9 Å². The number of allylic oxidation sites excluding steroid dienone is 1. The van der Waals surface area contributed by atoms with Crippen LogP contribution in [0.25, 0.3) is 11.6 Å². The lowest BCUT2D eigenvalue weighted by Crippen LogP contribution is -2.47. The maximum Gasteiger partial charge on any atom is 0.234 e. The number of ether oxygens (including phenoxy) is 2. The highest BCUT2D eigenvalue weighted by molar-refractivity contribution is 6.06.